The Labute approximate surface area is 142 Å². The number of para-hydroxylation sites is 1. The molecule has 6 heteroatoms. The van der Waals surface area contributed by atoms with Crippen molar-refractivity contribution in [1.29, 1.82) is 0 Å². The van der Waals surface area contributed by atoms with Gasteiger partial charge in [0.25, 0.3) is 0 Å². The van der Waals surface area contributed by atoms with Crippen molar-refractivity contribution in [2.24, 2.45) is 0 Å². The topological polar surface area (TPSA) is 70.7 Å². The quantitative estimate of drug-likeness (QED) is 0.867. The Balaban J connectivity index is 1.43. The number of carbonyl (C=O) groups is 2. The van der Waals surface area contributed by atoms with E-state index in [2.05, 4.69) is 22.5 Å². The zero-order chi connectivity index (χ0) is 17.0. The number of amides is 2. The highest BCUT2D eigenvalue weighted by Crippen LogP contribution is 2.29. The molecule has 2 fully saturated rings. The first kappa shape index (κ1) is 16.8. The lowest BCUT2D eigenvalue weighted by atomic mass is 9.91. The molecule has 2 saturated heterocycles. The highest BCUT2D eigenvalue weighted by atomic mass is 16.6. The number of alkyl carbamates (subject to hydrolysis) is 1. The highest BCUT2D eigenvalue weighted by molar-refractivity contribution is 5.91. The molecule has 0 aliphatic carbocycles. The second-order valence-corrected chi connectivity index (χ2v) is 6.58. The molecule has 1 spiro atoms. The largest absolute Gasteiger partial charge is 0.441 e. The third kappa shape index (κ3) is 3.87. The molecule has 0 atom stereocenters. The van der Waals surface area contributed by atoms with E-state index in [0.717, 1.165) is 50.1 Å². The van der Waals surface area contributed by atoms with E-state index in [0.29, 0.717) is 13.0 Å². The predicted molar refractivity (Wildman–Crippen MR) is 92.0 cm³/mol. The van der Waals surface area contributed by atoms with Crippen LogP contribution in [-0.2, 0) is 16.0 Å². The van der Waals surface area contributed by atoms with Crippen LogP contribution >= 0.6 is 0 Å². The Morgan fingerprint density at radius 2 is 2.08 bits per heavy atom. The third-order valence-electron chi connectivity index (χ3n) is 4.96. The SMILES string of the molecule is CCc1ccccc1NC(=O)CCN1CCC2(CC1)CNC(=O)O2. The number of benzene rings is 1. The van der Waals surface area contributed by atoms with E-state index in [-0.39, 0.29) is 17.6 Å². The van der Waals surface area contributed by atoms with Crippen LogP contribution in [0.3, 0.4) is 0 Å². The Kier molecular flexibility index (Phi) is 5.04. The van der Waals surface area contributed by atoms with Crippen molar-refractivity contribution in [3.8, 4) is 0 Å². The average molecular weight is 331 g/mol. The molecule has 0 unspecified atom stereocenters. The van der Waals surface area contributed by atoms with E-state index in [4.69, 9.17) is 4.74 Å². The summed E-state index contributed by atoms with van der Waals surface area (Å²) in [4.78, 5) is 25.7. The van der Waals surface area contributed by atoms with Gasteiger partial charge in [-0.25, -0.2) is 4.79 Å². The van der Waals surface area contributed by atoms with Gasteiger partial charge in [-0.05, 0) is 18.1 Å². The van der Waals surface area contributed by atoms with Crippen LogP contribution in [0.1, 0.15) is 31.7 Å². The van der Waals surface area contributed by atoms with Gasteiger partial charge in [0.2, 0.25) is 5.91 Å². The van der Waals surface area contributed by atoms with Crippen molar-refractivity contribution in [2.75, 3.05) is 31.5 Å². The minimum absolute atomic E-state index is 0.0464. The average Bonchev–Trinajstić information content (AvgIpc) is 2.95. The molecule has 6 nitrogen and oxygen atoms in total. The lowest BCUT2D eigenvalue weighted by Gasteiger charge is -2.37. The van der Waals surface area contributed by atoms with Crippen LogP contribution in [0.5, 0.6) is 0 Å². The minimum Gasteiger partial charge on any atom is -0.441 e. The molecule has 24 heavy (non-hydrogen) atoms. The molecular weight excluding hydrogens is 306 g/mol. The molecule has 2 aliphatic rings. The van der Waals surface area contributed by atoms with Crippen LogP contribution in [0.2, 0.25) is 0 Å². The van der Waals surface area contributed by atoms with E-state index < -0.39 is 0 Å². The molecule has 130 valence electrons. The van der Waals surface area contributed by atoms with E-state index in [1.165, 1.54) is 0 Å². The predicted octanol–water partition coefficient (Wildman–Crippen LogP) is 2.15. The second-order valence-electron chi connectivity index (χ2n) is 6.58. The summed E-state index contributed by atoms with van der Waals surface area (Å²) in [6.07, 6.45) is 2.72. The van der Waals surface area contributed by atoms with Crippen LogP contribution in [-0.4, -0.2) is 48.7 Å². The summed E-state index contributed by atoms with van der Waals surface area (Å²) in [6.45, 7) is 5.13. The molecule has 2 amide bonds. The first-order chi connectivity index (χ1) is 11.6. The number of likely N-dealkylation sites (tertiary alicyclic amines) is 1. The molecule has 3 rings (SSSR count). The summed E-state index contributed by atoms with van der Waals surface area (Å²) < 4.78 is 5.41. The smallest absolute Gasteiger partial charge is 0.407 e. The summed E-state index contributed by atoms with van der Waals surface area (Å²) in [5.74, 6) is 0.0464. The molecule has 0 radical (unpaired) electrons. The third-order valence-corrected chi connectivity index (χ3v) is 4.96. The Morgan fingerprint density at radius 3 is 2.75 bits per heavy atom. The van der Waals surface area contributed by atoms with Crippen molar-refractivity contribution in [3.63, 3.8) is 0 Å². The van der Waals surface area contributed by atoms with Crippen molar-refractivity contribution < 1.29 is 14.3 Å². The van der Waals surface area contributed by atoms with E-state index >= 15 is 0 Å². The fraction of sp³-hybridized carbons (Fsp3) is 0.556. The first-order valence-electron chi connectivity index (χ1n) is 8.67. The summed E-state index contributed by atoms with van der Waals surface area (Å²) in [7, 11) is 0. The normalized spacial score (nSPS) is 19.8. The number of piperidine rings is 1. The number of hydrogen-bond acceptors (Lipinski definition) is 4. The van der Waals surface area contributed by atoms with Gasteiger partial charge in [-0.1, -0.05) is 25.1 Å². The van der Waals surface area contributed by atoms with Gasteiger partial charge in [0.1, 0.15) is 5.60 Å². The fourth-order valence-corrected chi connectivity index (χ4v) is 3.39. The second kappa shape index (κ2) is 7.21. The maximum atomic E-state index is 12.2. The Bertz CT molecular complexity index is 609. The van der Waals surface area contributed by atoms with Gasteiger partial charge in [0.15, 0.2) is 0 Å². The molecule has 1 aromatic rings. The van der Waals surface area contributed by atoms with Crippen molar-refractivity contribution >= 4 is 17.7 Å². The molecule has 1 aromatic carbocycles. The van der Waals surface area contributed by atoms with Gasteiger partial charge < -0.3 is 20.3 Å². The van der Waals surface area contributed by atoms with Crippen molar-refractivity contribution in [3.05, 3.63) is 29.8 Å². The number of nitrogens with one attached hydrogen (secondary N) is 2. The van der Waals surface area contributed by atoms with Gasteiger partial charge in [-0.15, -0.1) is 0 Å². The van der Waals surface area contributed by atoms with Gasteiger partial charge in [0, 0.05) is 44.6 Å². The number of rotatable bonds is 5. The molecule has 2 N–H and O–H groups in total. The standard InChI is InChI=1S/C18H25N3O3/c1-2-14-5-3-4-6-15(14)20-16(22)7-10-21-11-8-18(9-12-21)13-19-17(23)24-18/h3-6H,2,7-13H2,1H3,(H,19,23)(H,20,22). The molecule has 0 bridgehead atoms. The van der Waals surface area contributed by atoms with Crippen LogP contribution in [0.25, 0.3) is 0 Å². The van der Waals surface area contributed by atoms with Gasteiger partial charge in [0.05, 0.1) is 6.54 Å². The van der Waals surface area contributed by atoms with Crippen LogP contribution in [0.15, 0.2) is 24.3 Å². The van der Waals surface area contributed by atoms with Gasteiger partial charge in [-0.3, -0.25) is 4.79 Å². The van der Waals surface area contributed by atoms with Crippen molar-refractivity contribution in [2.45, 2.75) is 38.2 Å². The molecule has 0 aromatic heterocycles. The van der Waals surface area contributed by atoms with Crippen LogP contribution < -0.4 is 10.6 Å². The molecule has 2 aliphatic heterocycles. The van der Waals surface area contributed by atoms with Crippen molar-refractivity contribution in [1.82, 2.24) is 10.2 Å². The summed E-state index contributed by atoms with van der Waals surface area (Å²) in [5.41, 5.74) is 1.74. The zero-order valence-electron chi connectivity index (χ0n) is 14.1. The number of aryl methyl sites for hydroxylation is 1. The van der Waals surface area contributed by atoms with Crippen LogP contribution in [0.4, 0.5) is 10.5 Å². The maximum absolute atomic E-state index is 12.2. The monoisotopic (exact) mass is 331 g/mol. The first-order valence-corrected chi connectivity index (χ1v) is 8.67. The van der Waals surface area contributed by atoms with Gasteiger partial charge >= 0.3 is 6.09 Å². The molecule has 0 saturated carbocycles. The number of anilines is 1. The van der Waals surface area contributed by atoms with E-state index in [1.807, 2.05) is 24.3 Å². The Morgan fingerprint density at radius 1 is 1.33 bits per heavy atom. The number of carbonyl (C=O) groups excluding carboxylic acids is 2. The lowest BCUT2D eigenvalue weighted by Crippen LogP contribution is -2.47. The number of ether oxygens (including phenoxy) is 1. The number of nitrogens with zero attached hydrogens (tertiary/aromatic N) is 1. The highest BCUT2D eigenvalue weighted by Gasteiger charge is 2.42. The van der Waals surface area contributed by atoms with E-state index in [1.54, 1.807) is 0 Å². The summed E-state index contributed by atoms with van der Waals surface area (Å²) in [6, 6.07) is 7.91. The van der Waals surface area contributed by atoms with E-state index in [9.17, 15) is 9.59 Å². The summed E-state index contributed by atoms with van der Waals surface area (Å²) in [5, 5.41) is 5.75. The maximum Gasteiger partial charge on any atom is 0.407 e. The van der Waals surface area contributed by atoms with Crippen LogP contribution in [0, 0.1) is 0 Å². The summed E-state index contributed by atoms with van der Waals surface area (Å²) >= 11 is 0. The Hall–Kier alpha value is -2.08. The molecule has 2 heterocycles. The minimum atomic E-state index is -0.324. The number of hydrogen-bond donors (Lipinski definition) is 2. The zero-order valence-corrected chi connectivity index (χ0v) is 14.1. The lowest BCUT2D eigenvalue weighted by molar-refractivity contribution is -0.116. The molecular formula is C18H25N3O3. The van der Waals surface area contributed by atoms with Gasteiger partial charge in [-0.2, -0.15) is 0 Å². The fourth-order valence-electron chi connectivity index (χ4n) is 3.39.